The number of hydrogen-bond donors (Lipinski definition) is 4. The van der Waals surface area contributed by atoms with E-state index in [2.05, 4.69) is 30.2 Å². The molecule has 4 N–H and O–H groups in total. The lowest BCUT2D eigenvalue weighted by Crippen LogP contribution is -2.46. The molecule has 0 saturated carbocycles. The van der Waals surface area contributed by atoms with Crippen LogP contribution in [0.15, 0.2) is 64.7 Å². The summed E-state index contributed by atoms with van der Waals surface area (Å²) in [5.74, 6) is -0.301. The number of aromatic amines is 3. The van der Waals surface area contributed by atoms with Gasteiger partial charge in [-0.3, -0.25) is 19.4 Å². The van der Waals surface area contributed by atoms with Crippen LogP contribution in [-0.2, 0) is 5.41 Å². The Kier molecular flexibility index (Phi) is 6.09. The van der Waals surface area contributed by atoms with E-state index in [0.717, 1.165) is 5.69 Å². The fourth-order valence-corrected chi connectivity index (χ4v) is 3.42. The average molecular weight is 457 g/mol. The largest absolute Gasteiger partial charge is 0.348 e. The second kappa shape index (κ2) is 9.14. The van der Waals surface area contributed by atoms with Crippen molar-refractivity contribution in [2.75, 3.05) is 5.32 Å². The van der Waals surface area contributed by atoms with Crippen LogP contribution in [0.2, 0.25) is 0 Å². The molecular formula is C25H24N6O3. The fourth-order valence-electron chi connectivity index (χ4n) is 3.42. The predicted molar refractivity (Wildman–Crippen MR) is 130 cm³/mol. The van der Waals surface area contributed by atoms with Crippen molar-refractivity contribution >= 4 is 23.7 Å². The summed E-state index contributed by atoms with van der Waals surface area (Å²) >= 11 is 0. The highest BCUT2D eigenvalue weighted by Gasteiger charge is 2.19. The van der Waals surface area contributed by atoms with Gasteiger partial charge in [-0.15, -0.1) is 0 Å². The number of pyridine rings is 1. The van der Waals surface area contributed by atoms with E-state index < -0.39 is 11.1 Å². The zero-order chi connectivity index (χ0) is 24.3. The molecule has 0 aliphatic rings. The second-order valence-electron chi connectivity index (χ2n) is 8.76. The van der Waals surface area contributed by atoms with Crippen LogP contribution in [-0.4, -0.2) is 30.8 Å². The van der Waals surface area contributed by atoms with Crippen LogP contribution in [0.25, 0.3) is 12.2 Å². The Labute approximate surface area is 194 Å². The molecule has 0 fully saturated rings. The van der Waals surface area contributed by atoms with Crippen LogP contribution in [0.3, 0.4) is 0 Å². The molecule has 1 amide bonds. The van der Waals surface area contributed by atoms with Gasteiger partial charge in [0.05, 0.1) is 17.6 Å². The van der Waals surface area contributed by atoms with Crippen molar-refractivity contribution in [1.82, 2.24) is 24.9 Å². The summed E-state index contributed by atoms with van der Waals surface area (Å²) in [6.45, 7) is 6.07. The zero-order valence-corrected chi connectivity index (χ0v) is 19.0. The van der Waals surface area contributed by atoms with E-state index in [1.807, 2.05) is 20.8 Å². The summed E-state index contributed by atoms with van der Waals surface area (Å²) < 4.78 is 0. The van der Waals surface area contributed by atoms with Gasteiger partial charge >= 0.3 is 0 Å². The number of carbonyl (C=O) groups is 1. The van der Waals surface area contributed by atoms with Gasteiger partial charge in [0.2, 0.25) is 0 Å². The molecule has 0 atom stereocenters. The Balaban J connectivity index is 1.66. The van der Waals surface area contributed by atoms with E-state index >= 15 is 0 Å². The van der Waals surface area contributed by atoms with Gasteiger partial charge in [0.15, 0.2) is 0 Å². The lowest BCUT2D eigenvalue weighted by atomic mass is 9.90. The van der Waals surface area contributed by atoms with Crippen LogP contribution in [0.4, 0.5) is 5.69 Å². The number of H-pyrrole nitrogens is 3. The Morgan fingerprint density at radius 2 is 1.74 bits per heavy atom. The van der Waals surface area contributed by atoms with E-state index in [4.69, 9.17) is 0 Å². The standard InChI is InChI=1S/C25H24N6O3/c1-25(2,3)21-18(27-14-28-21)12-20-24(34)30-19(23(33)31-20)11-15-6-4-8-17(10-15)29-22(32)16-7-5-9-26-13-16/h4-14H,1-3H3,(H,27,28)(H,29,32)(H,30,34)(H,31,33)/b19-11-,20-12-. The number of anilines is 1. The van der Waals surface area contributed by atoms with Crippen molar-refractivity contribution in [2.45, 2.75) is 26.2 Å². The minimum Gasteiger partial charge on any atom is -0.348 e. The quantitative estimate of drug-likeness (QED) is 0.368. The molecule has 34 heavy (non-hydrogen) atoms. The van der Waals surface area contributed by atoms with Crippen LogP contribution in [0, 0.1) is 0 Å². The van der Waals surface area contributed by atoms with Gasteiger partial charge in [0.25, 0.3) is 17.0 Å². The lowest BCUT2D eigenvalue weighted by Gasteiger charge is -2.16. The first kappa shape index (κ1) is 22.7. The maximum Gasteiger partial charge on any atom is 0.272 e. The summed E-state index contributed by atoms with van der Waals surface area (Å²) in [5, 5.41) is 2.99. The topological polar surface area (TPSA) is 136 Å². The average Bonchev–Trinajstić information content (AvgIpc) is 3.27. The Bertz CT molecular complexity index is 1570. The van der Waals surface area contributed by atoms with Gasteiger partial charge in [0, 0.05) is 29.2 Å². The number of benzene rings is 1. The molecule has 0 spiro atoms. The molecular weight excluding hydrogens is 432 g/mol. The smallest absolute Gasteiger partial charge is 0.272 e. The van der Waals surface area contributed by atoms with Crippen LogP contribution < -0.4 is 27.1 Å². The van der Waals surface area contributed by atoms with Crippen molar-refractivity contribution < 1.29 is 4.79 Å². The molecule has 1 aromatic carbocycles. The molecule has 4 rings (SSSR count). The Morgan fingerprint density at radius 1 is 1.00 bits per heavy atom. The summed E-state index contributed by atoms with van der Waals surface area (Å²) in [6.07, 6.45) is 7.71. The predicted octanol–water partition coefficient (Wildman–Crippen LogP) is 1.39. The molecule has 3 aromatic heterocycles. The third-order valence-corrected chi connectivity index (χ3v) is 5.06. The lowest BCUT2D eigenvalue weighted by molar-refractivity contribution is 0.102. The van der Waals surface area contributed by atoms with Crippen molar-refractivity contribution in [3.05, 3.63) is 109 Å². The first-order valence-corrected chi connectivity index (χ1v) is 10.6. The van der Waals surface area contributed by atoms with E-state index in [0.29, 0.717) is 22.5 Å². The summed E-state index contributed by atoms with van der Waals surface area (Å²) in [6, 6.07) is 10.3. The zero-order valence-electron chi connectivity index (χ0n) is 19.0. The first-order chi connectivity index (χ1) is 16.2. The van der Waals surface area contributed by atoms with Gasteiger partial charge in [-0.25, -0.2) is 4.98 Å². The Hall–Kier alpha value is -4.53. The second-order valence-corrected chi connectivity index (χ2v) is 8.76. The van der Waals surface area contributed by atoms with E-state index in [1.165, 1.54) is 6.20 Å². The van der Waals surface area contributed by atoms with Crippen LogP contribution >= 0.6 is 0 Å². The number of carbonyl (C=O) groups excluding carboxylic acids is 1. The van der Waals surface area contributed by atoms with Crippen LogP contribution in [0.1, 0.15) is 48.1 Å². The highest BCUT2D eigenvalue weighted by atomic mass is 16.2. The van der Waals surface area contributed by atoms with Crippen LogP contribution in [0.5, 0.6) is 0 Å². The molecule has 0 bridgehead atoms. The molecule has 0 radical (unpaired) electrons. The maximum absolute atomic E-state index is 12.7. The summed E-state index contributed by atoms with van der Waals surface area (Å²) in [5.41, 5.74) is 1.93. The monoisotopic (exact) mass is 456 g/mol. The van der Waals surface area contributed by atoms with Crippen molar-refractivity contribution in [2.24, 2.45) is 0 Å². The number of rotatable bonds is 4. The first-order valence-electron chi connectivity index (χ1n) is 10.6. The number of amides is 1. The molecule has 172 valence electrons. The molecule has 0 saturated heterocycles. The number of nitrogens with one attached hydrogen (secondary N) is 4. The molecule has 9 nitrogen and oxygen atoms in total. The minimum absolute atomic E-state index is 0.0935. The molecule has 3 heterocycles. The van der Waals surface area contributed by atoms with Crippen molar-refractivity contribution in [3.63, 3.8) is 0 Å². The van der Waals surface area contributed by atoms with Gasteiger partial charge in [-0.2, -0.15) is 0 Å². The number of imidazole rings is 1. The number of aromatic nitrogens is 5. The van der Waals surface area contributed by atoms with Gasteiger partial charge in [-0.1, -0.05) is 32.9 Å². The van der Waals surface area contributed by atoms with E-state index in [-0.39, 0.29) is 22.0 Å². The van der Waals surface area contributed by atoms with Crippen molar-refractivity contribution in [3.8, 4) is 0 Å². The van der Waals surface area contributed by atoms with Crippen molar-refractivity contribution in [1.29, 1.82) is 0 Å². The van der Waals surface area contributed by atoms with Gasteiger partial charge in [-0.05, 0) is 42.0 Å². The summed E-state index contributed by atoms with van der Waals surface area (Å²) in [7, 11) is 0. The normalized spacial score (nSPS) is 12.7. The molecule has 0 aliphatic heterocycles. The maximum atomic E-state index is 12.7. The third kappa shape index (κ3) is 5.09. The highest BCUT2D eigenvalue weighted by molar-refractivity contribution is 6.04. The molecule has 0 aliphatic carbocycles. The van der Waals surface area contributed by atoms with Gasteiger partial charge < -0.3 is 20.3 Å². The Morgan fingerprint density at radius 3 is 2.41 bits per heavy atom. The molecule has 0 unspecified atom stereocenters. The third-order valence-electron chi connectivity index (χ3n) is 5.06. The molecule has 9 heteroatoms. The molecule has 4 aromatic rings. The van der Waals surface area contributed by atoms with E-state index in [1.54, 1.807) is 61.1 Å². The van der Waals surface area contributed by atoms with Gasteiger partial charge in [0.1, 0.15) is 10.7 Å². The number of hydrogen-bond acceptors (Lipinski definition) is 5. The summed E-state index contributed by atoms with van der Waals surface area (Å²) in [4.78, 5) is 54.2. The fraction of sp³-hybridized carbons (Fsp3) is 0.160. The SMILES string of the molecule is CC(C)(C)c1[nH]cnc1/C=c1\[nH]c(=O)/c(=C/c2cccc(NC(=O)c3cccnc3)c2)[nH]c1=O. The minimum atomic E-state index is -0.455. The van der Waals surface area contributed by atoms with E-state index in [9.17, 15) is 14.4 Å². The number of nitrogens with zero attached hydrogens (tertiary/aromatic N) is 2. The highest BCUT2D eigenvalue weighted by Crippen LogP contribution is 2.22.